The maximum atomic E-state index is 17.2. The molecule has 53 heavy (non-hydrogen) atoms. The van der Waals surface area contributed by atoms with Crippen LogP contribution in [0.15, 0.2) is 48.5 Å². The number of halogens is 4. The number of aryl methyl sites for hydroxylation is 2. The number of nitrogens with zero attached hydrogens (tertiary/aromatic N) is 5. The van der Waals surface area contributed by atoms with Crippen LogP contribution in [0.2, 0.25) is 15.1 Å². The molecular formula is C41H34Cl3FN6O2. The lowest BCUT2D eigenvalue weighted by Gasteiger charge is -2.39. The molecule has 3 aliphatic heterocycles. The first kappa shape index (κ1) is 34.4. The molecule has 2 aromatic heterocycles. The molecule has 0 radical (unpaired) electrons. The number of hydrogen-bond donors (Lipinski definition) is 1. The van der Waals surface area contributed by atoms with Crippen molar-refractivity contribution in [2.45, 2.75) is 69.7 Å². The van der Waals surface area contributed by atoms with Gasteiger partial charge in [-0.25, -0.2) is 9.37 Å². The molecule has 0 unspecified atom stereocenters. The van der Waals surface area contributed by atoms with Gasteiger partial charge in [-0.15, -0.1) is 0 Å². The fourth-order valence-corrected chi connectivity index (χ4v) is 9.58. The molecule has 5 fully saturated rings. The van der Waals surface area contributed by atoms with Gasteiger partial charge in [0, 0.05) is 69.7 Å². The lowest BCUT2D eigenvalue weighted by atomic mass is 9.79. The summed E-state index contributed by atoms with van der Waals surface area (Å²) >= 11 is 19.4. The van der Waals surface area contributed by atoms with Gasteiger partial charge in [0.1, 0.15) is 17.4 Å². The van der Waals surface area contributed by atoms with E-state index in [2.05, 4.69) is 28.1 Å². The van der Waals surface area contributed by atoms with E-state index >= 15 is 4.39 Å². The number of benzene rings is 3. The average Bonchev–Trinajstić information content (AvgIpc) is 3.42. The Kier molecular flexibility index (Phi) is 8.55. The van der Waals surface area contributed by atoms with Crippen LogP contribution in [0.25, 0.3) is 32.9 Å². The maximum Gasteiger partial charge on any atom is 0.226 e. The third-order valence-corrected chi connectivity index (χ3v) is 12.6. The smallest absolute Gasteiger partial charge is 0.226 e. The summed E-state index contributed by atoms with van der Waals surface area (Å²) in [5.41, 5.74) is 4.55. The molecule has 5 aliphatic rings. The van der Waals surface area contributed by atoms with Crippen molar-refractivity contribution in [3.63, 3.8) is 0 Å². The number of rotatable bonds is 8. The molecule has 2 saturated carbocycles. The van der Waals surface area contributed by atoms with Gasteiger partial charge in [-0.05, 0) is 80.5 Å². The van der Waals surface area contributed by atoms with Crippen molar-refractivity contribution in [1.82, 2.24) is 19.8 Å². The minimum Gasteiger partial charge on any atom is -0.488 e. The van der Waals surface area contributed by atoms with Crippen LogP contribution >= 0.6 is 34.8 Å². The summed E-state index contributed by atoms with van der Waals surface area (Å²) in [5.74, 6) is 0.463. The van der Waals surface area contributed by atoms with E-state index in [0.29, 0.717) is 74.4 Å². The van der Waals surface area contributed by atoms with Crippen LogP contribution in [-0.2, 0) is 11.2 Å². The number of fused-ring (bicyclic) bond motifs is 4. The van der Waals surface area contributed by atoms with Crippen molar-refractivity contribution in [3.05, 3.63) is 91.9 Å². The summed E-state index contributed by atoms with van der Waals surface area (Å²) in [6.45, 7) is 3.17. The van der Waals surface area contributed by atoms with Gasteiger partial charge in [-0.3, -0.25) is 4.79 Å². The molecule has 0 spiro atoms. The fourth-order valence-electron chi connectivity index (χ4n) is 8.96. The van der Waals surface area contributed by atoms with Crippen LogP contribution < -0.4 is 10.1 Å². The summed E-state index contributed by atoms with van der Waals surface area (Å²) < 4.78 is 26.1. The van der Waals surface area contributed by atoms with Gasteiger partial charge in [-0.1, -0.05) is 46.9 Å². The number of nitrogens with one attached hydrogen (secondary N) is 1. The largest absolute Gasteiger partial charge is 0.488 e. The Hall–Kier alpha value is -4.38. The molecule has 2 aliphatic carbocycles. The van der Waals surface area contributed by atoms with Crippen molar-refractivity contribution in [2.75, 3.05) is 13.1 Å². The van der Waals surface area contributed by atoms with Crippen molar-refractivity contribution in [1.29, 1.82) is 10.5 Å². The Morgan fingerprint density at radius 1 is 1.09 bits per heavy atom. The normalized spacial score (nSPS) is 23.3. The first-order chi connectivity index (χ1) is 25.6. The molecule has 5 heterocycles. The number of likely N-dealkylation sites (tertiary alicyclic amines) is 1. The van der Waals surface area contributed by atoms with Gasteiger partial charge in [0.25, 0.3) is 0 Å². The molecule has 8 nitrogen and oxygen atoms in total. The second-order valence-electron chi connectivity index (χ2n) is 14.8. The molecule has 3 aromatic carbocycles. The minimum atomic E-state index is -0.508. The van der Waals surface area contributed by atoms with Gasteiger partial charge in [0.2, 0.25) is 5.91 Å². The Labute approximate surface area is 321 Å². The van der Waals surface area contributed by atoms with Gasteiger partial charge >= 0.3 is 0 Å². The Bertz CT molecular complexity index is 2440. The summed E-state index contributed by atoms with van der Waals surface area (Å²) in [5, 5.41) is 25.3. The molecule has 5 aromatic rings. The second kappa shape index (κ2) is 13.2. The first-order valence-electron chi connectivity index (χ1n) is 18.0. The topological polar surface area (TPSA) is 107 Å². The number of carbonyl (C=O) groups excluding carboxylic acids is 1. The zero-order valence-electron chi connectivity index (χ0n) is 28.8. The molecule has 3 saturated heterocycles. The SMILES string of the molecule is Cc1nc2c(F)c(-c3cccc(Cl)c3Cl)c(CCC#N)cc2c2c1cc([C@H]1C[C@H](Oc3cc(Cl)cc(C#N)c3)CN1C(=O)C1CC1)n2[C@H]1[C@H]2CN[C@@H]1C2. The standard InChI is InChI=1S/C41H34Cl3FN6O2/c1-20-29-16-34(33-15-27(19-50(33)41(52)22-7-8-22)53-26-11-21(17-47)10-25(42)14-26)51(39-24-13-32(39)48-18-24)40(29)30-12-23(4-3-9-46)35(37(45)38(30)49-20)28-5-2-6-31(43)36(28)44/h2,5-6,10-12,14,16,22,24,27,32-33,39,48H,3-4,7-8,13,15,18-19H2,1H3/t24-,27+,32-,33-,39+/m1/s1. The van der Waals surface area contributed by atoms with E-state index < -0.39 is 5.82 Å². The van der Waals surface area contributed by atoms with E-state index in [1.54, 1.807) is 36.4 Å². The van der Waals surface area contributed by atoms with Gasteiger partial charge in [0.15, 0.2) is 5.82 Å². The highest BCUT2D eigenvalue weighted by Gasteiger charge is 2.51. The predicted octanol–water partition coefficient (Wildman–Crippen LogP) is 9.26. The highest BCUT2D eigenvalue weighted by atomic mass is 35.5. The van der Waals surface area contributed by atoms with Gasteiger partial charge in [-0.2, -0.15) is 10.5 Å². The predicted molar refractivity (Wildman–Crippen MR) is 203 cm³/mol. The summed E-state index contributed by atoms with van der Waals surface area (Å²) in [6.07, 6.45) is 3.46. The van der Waals surface area contributed by atoms with Crippen LogP contribution in [0, 0.1) is 47.2 Å². The fraction of sp³-hybridized carbons (Fsp3) is 0.366. The number of ether oxygens (including phenoxy) is 1. The molecule has 1 amide bonds. The molecular weight excluding hydrogens is 734 g/mol. The number of hydrogen-bond acceptors (Lipinski definition) is 6. The molecule has 10 rings (SSSR count). The maximum absolute atomic E-state index is 17.2. The van der Waals surface area contributed by atoms with E-state index in [4.69, 9.17) is 44.5 Å². The molecule has 1 N–H and O–H groups in total. The van der Waals surface area contributed by atoms with Crippen LogP contribution in [0.4, 0.5) is 4.39 Å². The third kappa shape index (κ3) is 5.72. The summed E-state index contributed by atoms with van der Waals surface area (Å²) in [4.78, 5) is 20.9. The highest BCUT2D eigenvalue weighted by molar-refractivity contribution is 6.43. The molecule has 2 bridgehead atoms. The van der Waals surface area contributed by atoms with Crippen LogP contribution in [0.1, 0.15) is 66.7 Å². The van der Waals surface area contributed by atoms with E-state index in [1.165, 1.54) is 0 Å². The lowest BCUT2D eigenvalue weighted by molar-refractivity contribution is -0.133. The molecule has 12 heteroatoms. The first-order valence-corrected chi connectivity index (χ1v) is 19.2. The van der Waals surface area contributed by atoms with Crippen LogP contribution in [-0.4, -0.2) is 45.6 Å². The highest BCUT2D eigenvalue weighted by Crippen LogP contribution is 2.51. The Morgan fingerprint density at radius 2 is 1.92 bits per heavy atom. The quantitative estimate of drug-likeness (QED) is 0.169. The molecule has 268 valence electrons. The van der Waals surface area contributed by atoms with Crippen molar-refractivity contribution in [2.24, 2.45) is 11.8 Å². The van der Waals surface area contributed by atoms with Crippen molar-refractivity contribution < 1.29 is 13.9 Å². The third-order valence-electron chi connectivity index (χ3n) is 11.5. The van der Waals surface area contributed by atoms with Crippen molar-refractivity contribution in [3.8, 4) is 29.0 Å². The second-order valence-corrected chi connectivity index (χ2v) is 16.0. The number of pyridine rings is 1. The van der Waals surface area contributed by atoms with E-state index in [0.717, 1.165) is 42.4 Å². The van der Waals surface area contributed by atoms with Gasteiger partial charge < -0.3 is 19.5 Å². The number of amides is 1. The average molecular weight is 768 g/mol. The van der Waals surface area contributed by atoms with Gasteiger partial charge in [0.05, 0.1) is 51.9 Å². The number of carbonyl (C=O) groups is 1. The minimum absolute atomic E-state index is 0.00949. The van der Waals surface area contributed by atoms with E-state index in [9.17, 15) is 15.3 Å². The monoisotopic (exact) mass is 766 g/mol. The number of aromatic nitrogens is 2. The molecule has 5 atom stereocenters. The number of nitriles is 2. The van der Waals surface area contributed by atoms with E-state index in [1.807, 2.05) is 17.9 Å². The Morgan fingerprint density at radius 3 is 2.64 bits per heavy atom. The van der Waals surface area contributed by atoms with Crippen molar-refractivity contribution >= 4 is 62.5 Å². The Balaban J connectivity index is 1.25. The van der Waals surface area contributed by atoms with Crippen LogP contribution in [0.3, 0.4) is 0 Å². The zero-order valence-corrected chi connectivity index (χ0v) is 31.1. The lowest BCUT2D eigenvalue weighted by Crippen LogP contribution is -2.41. The summed E-state index contributed by atoms with van der Waals surface area (Å²) in [6, 6.07) is 18.6. The van der Waals surface area contributed by atoms with Crippen LogP contribution in [0.5, 0.6) is 5.75 Å². The van der Waals surface area contributed by atoms with E-state index in [-0.39, 0.29) is 53.0 Å². The summed E-state index contributed by atoms with van der Waals surface area (Å²) in [7, 11) is 0. The zero-order chi connectivity index (χ0) is 36.7.